The van der Waals surface area contributed by atoms with Crippen LogP contribution in [0.2, 0.25) is 5.02 Å². The van der Waals surface area contributed by atoms with Crippen LogP contribution < -0.4 is 5.32 Å². The molecule has 4 nitrogen and oxygen atoms in total. The summed E-state index contributed by atoms with van der Waals surface area (Å²) in [5.41, 5.74) is 2.02. The lowest BCUT2D eigenvalue weighted by Gasteiger charge is -2.17. The normalized spacial score (nSPS) is 12.9. The number of aryl methyl sites for hydroxylation is 2. The molecule has 2 aromatic rings. The molecular weight excluding hydrogens is 238 g/mol. The average molecular weight is 254 g/mol. The van der Waals surface area contributed by atoms with Crippen LogP contribution in [-0.2, 0) is 7.05 Å². The summed E-state index contributed by atoms with van der Waals surface area (Å²) >= 11 is 6.18. The maximum atomic E-state index is 6.18. The minimum atomic E-state index is 0.0115. The van der Waals surface area contributed by atoms with Crippen LogP contribution in [0.25, 0.3) is 0 Å². The molecule has 2 rings (SSSR count). The molecule has 0 saturated carbocycles. The van der Waals surface area contributed by atoms with Crippen LogP contribution in [0, 0.1) is 6.92 Å². The maximum Gasteiger partial charge on any atom is 0.101 e. The van der Waals surface area contributed by atoms with Crippen molar-refractivity contribution < 1.29 is 4.42 Å². The highest BCUT2D eigenvalue weighted by molar-refractivity contribution is 6.31. The summed E-state index contributed by atoms with van der Waals surface area (Å²) in [5.74, 6) is 0.890. The van der Waals surface area contributed by atoms with E-state index < -0.39 is 0 Å². The van der Waals surface area contributed by atoms with Gasteiger partial charge >= 0.3 is 0 Å². The molecule has 0 spiro atoms. The predicted molar refractivity (Wildman–Crippen MR) is 67.2 cm³/mol. The van der Waals surface area contributed by atoms with Gasteiger partial charge in [-0.1, -0.05) is 18.5 Å². The summed E-state index contributed by atoms with van der Waals surface area (Å²) in [4.78, 5) is 0. The van der Waals surface area contributed by atoms with Gasteiger partial charge in [-0.3, -0.25) is 4.68 Å². The standard InChI is InChI=1S/C12H16ClN3O/c1-4-14-11(9-5-8(2)17-7-9)12-10(13)6-15-16(12)3/h5-7,11,14H,4H2,1-3H3. The van der Waals surface area contributed by atoms with Crippen molar-refractivity contribution in [3.8, 4) is 0 Å². The van der Waals surface area contributed by atoms with Gasteiger partial charge in [0.25, 0.3) is 0 Å². The Hall–Kier alpha value is -1.26. The molecule has 0 aliphatic rings. The van der Waals surface area contributed by atoms with Gasteiger partial charge in [0.1, 0.15) is 5.76 Å². The van der Waals surface area contributed by atoms with E-state index in [1.54, 1.807) is 17.1 Å². The summed E-state index contributed by atoms with van der Waals surface area (Å²) in [6, 6.07) is 2.02. The zero-order valence-electron chi connectivity index (χ0n) is 10.2. The highest BCUT2D eigenvalue weighted by atomic mass is 35.5. The smallest absolute Gasteiger partial charge is 0.101 e. The third-order valence-electron chi connectivity index (χ3n) is 2.70. The molecule has 1 N–H and O–H groups in total. The SMILES string of the molecule is CCNC(c1coc(C)c1)c1c(Cl)cnn1C. The van der Waals surface area contributed by atoms with Crippen LogP contribution >= 0.6 is 11.6 Å². The van der Waals surface area contributed by atoms with Crippen LogP contribution in [0.15, 0.2) is 22.9 Å². The Morgan fingerprint density at radius 3 is 2.82 bits per heavy atom. The second kappa shape index (κ2) is 4.94. The molecule has 17 heavy (non-hydrogen) atoms. The molecule has 0 aliphatic carbocycles. The van der Waals surface area contributed by atoms with Gasteiger partial charge in [-0.2, -0.15) is 5.10 Å². The summed E-state index contributed by atoms with van der Waals surface area (Å²) in [5, 5.41) is 8.22. The molecule has 0 radical (unpaired) electrons. The topological polar surface area (TPSA) is 43.0 Å². The molecule has 0 saturated heterocycles. The van der Waals surface area contributed by atoms with E-state index in [1.807, 2.05) is 20.0 Å². The number of halogens is 1. The fourth-order valence-corrected chi connectivity index (χ4v) is 2.21. The molecule has 1 atom stereocenters. The zero-order valence-corrected chi connectivity index (χ0v) is 11.0. The van der Waals surface area contributed by atoms with E-state index in [0.29, 0.717) is 5.02 Å². The molecule has 0 fully saturated rings. The Morgan fingerprint density at radius 1 is 1.59 bits per heavy atom. The molecule has 0 bridgehead atoms. The first-order valence-corrected chi connectivity index (χ1v) is 5.97. The number of nitrogens with one attached hydrogen (secondary N) is 1. The van der Waals surface area contributed by atoms with Crippen molar-refractivity contribution in [2.24, 2.45) is 7.05 Å². The Labute approximate surface area is 106 Å². The van der Waals surface area contributed by atoms with Crippen molar-refractivity contribution in [1.82, 2.24) is 15.1 Å². The van der Waals surface area contributed by atoms with Gasteiger partial charge in [0.05, 0.1) is 29.2 Å². The quantitative estimate of drug-likeness (QED) is 0.911. The van der Waals surface area contributed by atoms with Gasteiger partial charge in [0, 0.05) is 12.6 Å². The lowest BCUT2D eigenvalue weighted by molar-refractivity contribution is 0.520. The third-order valence-corrected chi connectivity index (χ3v) is 2.99. The molecule has 0 amide bonds. The number of hydrogen-bond acceptors (Lipinski definition) is 3. The highest BCUT2D eigenvalue weighted by Crippen LogP contribution is 2.28. The van der Waals surface area contributed by atoms with Crippen molar-refractivity contribution >= 4 is 11.6 Å². The first kappa shape index (κ1) is 12.2. The van der Waals surface area contributed by atoms with Gasteiger partial charge in [-0.15, -0.1) is 0 Å². The first-order chi connectivity index (χ1) is 8.13. The Balaban J connectivity index is 2.42. The zero-order chi connectivity index (χ0) is 12.4. The second-order valence-electron chi connectivity index (χ2n) is 3.98. The van der Waals surface area contributed by atoms with E-state index in [0.717, 1.165) is 23.6 Å². The number of furan rings is 1. The van der Waals surface area contributed by atoms with Gasteiger partial charge in [0.2, 0.25) is 0 Å². The van der Waals surface area contributed by atoms with Crippen molar-refractivity contribution in [2.75, 3.05) is 6.54 Å². The minimum absolute atomic E-state index is 0.0115. The lowest BCUT2D eigenvalue weighted by Crippen LogP contribution is -2.24. The van der Waals surface area contributed by atoms with E-state index >= 15 is 0 Å². The largest absolute Gasteiger partial charge is 0.469 e. The Bertz CT molecular complexity index is 484. The maximum absolute atomic E-state index is 6.18. The van der Waals surface area contributed by atoms with Gasteiger partial charge in [-0.25, -0.2) is 0 Å². The van der Waals surface area contributed by atoms with Crippen LogP contribution in [0.3, 0.4) is 0 Å². The second-order valence-corrected chi connectivity index (χ2v) is 4.39. The summed E-state index contributed by atoms with van der Waals surface area (Å²) in [6.45, 7) is 4.83. The van der Waals surface area contributed by atoms with E-state index in [1.165, 1.54) is 0 Å². The molecular formula is C12H16ClN3O. The Morgan fingerprint density at radius 2 is 2.35 bits per heavy atom. The lowest BCUT2D eigenvalue weighted by atomic mass is 10.1. The molecule has 2 aromatic heterocycles. The summed E-state index contributed by atoms with van der Waals surface area (Å²) < 4.78 is 7.15. The number of nitrogens with zero attached hydrogens (tertiary/aromatic N) is 2. The van der Waals surface area contributed by atoms with E-state index in [4.69, 9.17) is 16.0 Å². The fourth-order valence-electron chi connectivity index (χ4n) is 1.94. The molecule has 92 valence electrons. The van der Waals surface area contributed by atoms with Crippen molar-refractivity contribution in [3.05, 3.63) is 40.6 Å². The molecule has 2 heterocycles. The van der Waals surface area contributed by atoms with Crippen LogP contribution in [0.1, 0.15) is 30.0 Å². The van der Waals surface area contributed by atoms with Crippen LogP contribution in [-0.4, -0.2) is 16.3 Å². The average Bonchev–Trinajstić information content (AvgIpc) is 2.84. The molecule has 5 heteroatoms. The van der Waals surface area contributed by atoms with Crippen LogP contribution in [0.4, 0.5) is 0 Å². The fraction of sp³-hybridized carbons (Fsp3) is 0.417. The van der Waals surface area contributed by atoms with E-state index in [9.17, 15) is 0 Å². The summed E-state index contributed by atoms with van der Waals surface area (Å²) in [6.07, 6.45) is 3.42. The monoisotopic (exact) mass is 253 g/mol. The van der Waals surface area contributed by atoms with Crippen molar-refractivity contribution in [3.63, 3.8) is 0 Å². The molecule has 1 unspecified atom stereocenters. The first-order valence-electron chi connectivity index (χ1n) is 5.59. The van der Waals surface area contributed by atoms with Gasteiger partial charge in [-0.05, 0) is 19.5 Å². The number of aromatic nitrogens is 2. The highest BCUT2D eigenvalue weighted by Gasteiger charge is 2.21. The van der Waals surface area contributed by atoms with Gasteiger partial charge < -0.3 is 9.73 Å². The Kier molecular flexibility index (Phi) is 3.54. The molecule has 0 aromatic carbocycles. The molecule has 0 aliphatic heterocycles. The van der Waals surface area contributed by atoms with Crippen LogP contribution in [0.5, 0.6) is 0 Å². The van der Waals surface area contributed by atoms with E-state index in [2.05, 4.69) is 17.3 Å². The third kappa shape index (κ3) is 2.37. The predicted octanol–water partition coefficient (Wildman–Crippen LogP) is 2.67. The number of rotatable bonds is 4. The summed E-state index contributed by atoms with van der Waals surface area (Å²) in [7, 11) is 1.89. The van der Waals surface area contributed by atoms with Gasteiger partial charge in [0.15, 0.2) is 0 Å². The van der Waals surface area contributed by atoms with Crippen molar-refractivity contribution in [1.29, 1.82) is 0 Å². The van der Waals surface area contributed by atoms with E-state index in [-0.39, 0.29) is 6.04 Å². The minimum Gasteiger partial charge on any atom is -0.469 e. The number of hydrogen-bond donors (Lipinski definition) is 1. The van der Waals surface area contributed by atoms with Crippen molar-refractivity contribution in [2.45, 2.75) is 19.9 Å².